The van der Waals surface area contributed by atoms with Crippen molar-refractivity contribution in [3.8, 4) is 0 Å². The molecule has 0 aromatic carbocycles. The first kappa shape index (κ1) is 16.4. The van der Waals surface area contributed by atoms with Crippen molar-refractivity contribution in [3.63, 3.8) is 0 Å². The van der Waals surface area contributed by atoms with Crippen molar-refractivity contribution in [2.45, 2.75) is 46.7 Å². The van der Waals surface area contributed by atoms with Crippen LogP contribution < -0.4 is 16.0 Å². The molecule has 7 nitrogen and oxygen atoms in total. The van der Waals surface area contributed by atoms with Gasteiger partial charge in [0, 0.05) is 19.0 Å². The van der Waals surface area contributed by atoms with E-state index < -0.39 is 0 Å². The van der Waals surface area contributed by atoms with Crippen LogP contribution in [0.25, 0.3) is 0 Å². The summed E-state index contributed by atoms with van der Waals surface area (Å²) < 4.78 is 5.40. The van der Waals surface area contributed by atoms with Crippen LogP contribution in [-0.2, 0) is 11.3 Å². The highest BCUT2D eigenvalue weighted by molar-refractivity contribution is 5.76. The van der Waals surface area contributed by atoms with Gasteiger partial charge in [0.2, 0.25) is 11.8 Å². The highest BCUT2D eigenvalue weighted by Crippen LogP contribution is 2.05. The number of carbonyl (C=O) groups is 1. The third-order valence-electron chi connectivity index (χ3n) is 2.37. The predicted molar refractivity (Wildman–Crippen MR) is 77.2 cm³/mol. The van der Waals surface area contributed by atoms with E-state index in [2.05, 4.69) is 40.0 Å². The van der Waals surface area contributed by atoms with E-state index in [1.165, 1.54) is 0 Å². The number of nitrogens with one attached hydrogen (secondary N) is 3. The molecular weight excluding hydrogens is 258 g/mol. The van der Waals surface area contributed by atoms with Crippen molar-refractivity contribution >= 4 is 11.9 Å². The van der Waals surface area contributed by atoms with Crippen LogP contribution in [0.2, 0.25) is 0 Å². The molecule has 0 aliphatic carbocycles. The average molecular weight is 283 g/mol. The summed E-state index contributed by atoms with van der Waals surface area (Å²) in [6.45, 7) is 10.1. The van der Waals surface area contributed by atoms with Gasteiger partial charge in [-0.1, -0.05) is 18.9 Å². The quantitative estimate of drug-likeness (QED) is 0.629. The van der Waals surface area contributed by atoms with Gasteiger partial charge in [0.25, 0.3) is 0 Å². The number of aromatic nitrogens is 2. The van der Waals surface area contributed by atoms with Crippen molar-refractivity contribution < 1.29 is 9.21 Å². The van der Waals surface area contributed by atoms with E-state index >= 15 is 0 Å². The van der Waals surface area contributed by atoms with E-state index in [-0.39, 0.29) is 11.9 Å². The summed E-state index contributed by atoms with van der Waals surface area (Å²) in [6.07, 6.45) is 0.376. The Morgan fingerprint density at radius 1 is 1.25 bits per heavy atom. The molecule has 0 unspecified atom stereocenters. The molecular formula is C13H25N5O2. The monoisotopic (exact) mass is 283 g/mol. The summed E-state index contributed by atoms with van der Waals surface area (Å²) in [6, 6.07) is 0.508. The second kappa shape index (κ2) is 8.52. The minimum atomic E-state index is 0.00541. The Bertz CT molecular complexity index is 403. The van der Waals surface area contributed by atoms with E-state index in [0.29, 0.717) is 37.3 Å². The summed E-state index contributed by atoms with van der Waals surface area (Å²) in [7, 11) is 0. The molecule has 1 amide bonds. The molecule has 1 rings (SSSR count). The van der Waals surface area contributed by atoms with Gasteiger partial charge in [-0.05, 0) is 26.3 Å². The van der Waals surface area contributed by atoms with Crippen LogP contribution >= 0.6 is 0 Å². The number of hydrogen-bond acceptors (Lipinski definition) is 6. The van der Waals surface area contributed by atoms with Gasteiger partial charge in [-0.25, -0.2) is 0 Å². The number of nitrogens with zero attached hydrogens (tertiary/aromatic N) is 2. The molecule has 7 heteroatoms. The highest BCUT2D eigenvalue weighted by atomic mass is 16.4. The predicted octanol–water partition coefficient (Wildman–Crippen LogP) is 1.14. The number of rotatable bonds is 9. The second-order valence-electron chi connectivity index (χ2n) is 5.42. The van der Waals surface area contributed by atoms with Crippen LogP contribution in [0.3, 0.4) is 0 Å². The maximum atomic E-state index is 11.4. The Labute approximate surface area is 119 Å². The third-order valence-corrected chi connectivity index (χ3v) is 2.37. The molecule has 0 saturated heterocycles. The van der Waals surface area contributed by atoms with Gasteiger partial charge < -0.3 is 20.4 Å². The number of anilines is 1. The fourth-order valence-corrected chi connectivity index (χ4v) is 1.54. The van der Waals surface area contributed by atoms with E-state index in [0.717, 1.165) is 6.54 Å². The van der Waals surface area contributed by atoms with Crippen molar-refractivity contribution in [2.24, 2.45) is 5.92 Å². The Morgan fingerprint density at radius 3 is 2.65 bits per heavy atom. The van der Waals surface area contributed by atoms with E-state index in [1.807, 2.05) is 13.8 Å². The van der Waals surface area contributed by atoms with Crippen LogP contribution in [0.1, 0.15) is 40.0 Å². The molecule has 114 valence electrons. The van der Waals surface area contributed by atoms with Crippen molar-refractivity contribution in [2.75, 3.05) is 18.4 Å². The molecule has 20 heavy (non-hydrogen) atoms. The maximum absolute atomic E-state index is 11.4. The normalized spacial score (nSPS) is 11.1. The smallest absolute Gasteiger partial charge is 0.315 e. The van der Waals surface area contributed by atoms with Crippen LogP contribution in [0.5, 0.6) is 0 Å². The standard InChI is InChI=1S/C13H25N5O2/c1-9(2)7-14-8-12-17-18-13(20-12)15-6-5-11(19)16-10(3)4/h9-10,14H,5-8H2,1-4H3,(H,15,18)(H,16,19). The Hall–Kier alpha value is -1.63. The Kier molecular flexibility index (Phi) is 7.00. The molecule has 0 atom stereocenters. The van der Waals surface area contributed by atoms with Crippen LogP contribution in [0, 0.1) is 5.92 Å². The molecule has 1 heterocycles. The molecule has 0 spiro atoms. The Balaban J connectivity index is 2.21. The fraction of sp³-hybridized carbons (Fsp3) is 0.769. The zero-order valence-electron chi connectivity index (χ0n) is 12.7. The van der Waals surface area contributed by atoms with E-state index in [4.69, 9.17) is 4.42 Å². The summed E-state index contributed by atoms with van der Waals surface area (Å²) in [5.74, 6) is 1.13. The van der Waals surface area contributed by atoms with Crippen LogP contribution in [0.4, 0.5) is 6.01 Å². The van der Waals surface area contributed by atoms with Gasteiger partial charge in [0.15, 0.2) is 0 Å². The van der Waals surface area contributed by atoms with Gasteiger partial charge >= 0.3 is 6.01 Å². The number of amides is 1. The second-order valence-corrected chi connectivity index (χ2v) is 5.42. The Morgan fingerprint density at radius 2 is 2.00 bits per heavy atom. The van der Waals surface area contributed by atoms with Gasteiger partial charge in [0.05, 0.1) is 6.54 Å². The fourth-order valence-electron chi connectivity index (χ4n) is 1.54. The molecule has 0 radical (unpaired) electrons. The minimum Gasteiger partial charge on any atom is -0.407 e. The topological polar surface area (TPSA) is 92.1 Å². The van der Waals surface area contributed by atoms with Gasteiger partial charge in [-0.15, -0.1) is 5.10 Å². The van der Waals surface area contributed by atoms with E-state index in [9.17, 15) is 4.79 Å². The largest absolute Gasteiger partial charge is 0.407 e. The number of carbonyl (C=O) groups excluding carboxylic acids is 1. The van der Waals surface area contributed by atoms with Crippen LogP contribution in [0.15, 0.2) is 4.42 Å². The van der Waals surface area contributed by atoms with Gasteiger partial charge in [-0.2, -0.15) is 0 Å². The SMILES string of the molecule is CC(C)CNCc1nnc(NCCC(=O)NC(C)C)o1. The average Bonchev–Trinajstić information content (AvgIpc) is 2.75. The first-order chi connectivity index (χ1) is 9.47. The lowest BCUT2D eigenvalue weighted by atomic mass is 10.2. The first-order valence-electron chi connectivity index (χ1n) is 7.03. The van der Waals surface area contributed by atoms with Crippen molar-refractivity contribution in [1.29, 1.82) is 0 Å². The minimum absolute atomic E-state index is 0.00541. The third kappa shape index (κ3) is 7.08. The van der Waals surface area contributed by atoms with Gasteiger partial charge in [-0.3, -0.25) is 4.79 Å². The van der Waals surface area contributed by atoms with Crippen LogP contribution in [-0.4, -0.2) is 35.2 Å². The lowest BCUT2D eigenvalue weighted by Gasteiger charge is -2.07. The van der Waals surface area contributed by atoms with Crippen molar-refractivity contribution in [3.05, 3.63) is 5.89 Å². The molecule has 0 saturated carbocycles. The molecule has 0 aliphatic rings. The molecule has 0 bridgehead atoms. The molecule has 0 aliphatic heterocycles. The number of hydrogen-bond donors (Lipinski definition) is 3. The molecule has 0 fully saturated rings. The zero-order chi connectivity index (χ0) is 15.0. The summed E-state index contributed by atoms with van der Waals surface area (Å²) in [5, 5.41) is 16.8. The molecule has 3 N–H and O–H groups in total. The maximum Gasteiger partial charge on any atom is 0.315 e. The first-order valence-corrected chi connectivity index (χ1v) is 7.03. The zero-order valence-corrected chi connectivity index (χ0v) is 12.7. The molecule has 1 aromatic heterocycles. The summed E-state index contributed by atoms with van der Waals surface area (Å²) in [5.41, 5.74) is 0. The molecule has 1 aromatic rings. The highest BCUT2D eigenvalue weighted by Gasteiger charge is 2.07. The summed E-state index contributed by atoms with van der Waals surface area (Å²) >= 11 is 0. The van der Waals surface area contributed by atoms with Crippen molar-refractivity contribution in [1.82, 2.24) is 20.8 Å². The lowest BCUT2D eigenvalue weighted by Crippen LogP contribution is -2.31. The van der Waals surface area contributed by atoms with E-state index in [1.54, 1.807) is 0 Å². The van der Waals surface area contributed by atoms with Gasteiger partial charge in [0.1, 0.15) is 0 Å². The lowest BCUT2D eigenvalue weighted by molar-refractivity contribution is -0.121. The summed E-state index contributed by atoms with van der Waals surface area (Å²) in [4.78, 5) is 11.4.